The van der Waals surface area contributed by atoms with E-state index in [1.54, 1.807) is 0 Å². The topological polar surface area (TPSA) is 26.3 Å². The molecule has 23 heavy (non-hydrogen) atoms. The Morgan fingerprint density at radius 1 is 0.913 bits per heavy atom. The van der Waals surface area contributed by atoms with E-state index in [2.05, 4.69) is 27.7 Å². The van der Waals surface area contributed by atoms with Gasteiger partial charge in [0.1, 0.15) is 5.60 Å². The van der Waals surface area contributed by atoms with Crippen molar-refractivity contribution in [3.05, 3.63) is 0 Å². The van der Waals surface area contributed by atoms with Gasteiger partial charge in [0.2, 0.25) is 0 Å². The second kappa shape index (κ2) is 3.68. The predicted octanol–water partition coefficient (Wildman–Crippen LogP) is 4.14. The van der Waals surface area contributed by atoms with Crippen LogP contribution in [0.3, 0.4) is 0 Å². The highest BCUT2D eigenvalue weighted by Crippen LogP contribution is 2.92. The van der Waals surface area contributed by atoms with Gasteiger partial charge in [-0.3, -0.25) is 4.79 Å². The Morgan fingerprint density at radius 2 is 1.57 bits per heavy atom. The van der Waals surface area contributed by atoms with E-state index in [0.29, 0.717) is 29.1 Å². The highest BCUT2D eigenvalue weighted by atomic mass is 16.6. The molecule has 9 unspecified atom stereocenters. The quantitative estimate of drug-likeness (QED) is 0.716. The van der Waals surface area contributed by atoms with Crippen LogP contribution in [0, 0.1) is 64.6 Å². The summed E-state index contributed by atoms with van der Waals surface area (Å²) < 4.78 is 6.32. The van der Waals surface area contributed by atoms with Crippen molar-refractivity contribution in [1.82, 2.24) is 0 Å². The number of rotatable bonds is 2. The van der Waals surface area contributed by atoms with E-state index in [9.17, 15) is 4.79 Å². The van der Waals surface area contributed by atoms with Gasteiger partial charge in [-0.05, 0) is 79.4 Å². The Morgan fingerprint density at radius 3 is 2.13 bits per heavy atom. The van der Waals surface area contributed by atoms with Crippen LogP contribution in [0.4, 0.5) is 0 Å². The fraction of sp³-hybridized carbons (Fsp3) is 0.952. The van der Waals surface area contributed by atoms with Gasteiger partial charge < -0.3 is 4.74 Å². The molecule has 6 aliphatic rings. The van der Waals surface area contributed by atoms with Crippen molar-refractivity contribution in [2.75, 3.05) is 0 Å². The first-order valence-corrected chi connectivity index (χ1v) is 10.1. The molecular weight excluding hydrogens is 284 g/mol. The minimum Gasteiger partial charge on any atom is -0.459 e. The summed E-state index contributed by atoms with van der Waals surface area (Å²) in [5, 5.41) is 0. The Balaban J connectivity index is 1.19. The maximum absolute atomic E-state index is 13.0. The summed E-state index contributed by atoms with van der Waals surface area (Å²) in [6.07, 6.45) is 5.05. The molecule has 6 rings (SSSR count). The number of carbonyl (C=O) groups is 1. The van der Waals surface area contributed by atoms with Crippen molar-refractivity contribution >= 4 is 5.97 Å². The van der Waals surface area contributed by atoms with Crippen LogP contribution in [0.5, 0.6) is 0 Å². The van der Waals surface area contributed by atoms with Gasteiger partial charge in [-0.1, -0.05) is 20.8 Å². The number of hydrogen-bond donors (Lipinski definition) is 0. The molecule has 0 radical (unpaired) electrons. The Kier molecular flexibility index (Phi) is 2.19. The molecule has 2 bridgehead atoms. The van der Waals surface area contributed by atoms with Crippen molar-refractivity contribution in [3.8, 4) is 0 Å². The van der Waals surface area contributed by atoms with Crippen LogP contribution in [-0.2, 0) is 9.53 Å². The van der Waals surface area contributed by atoms with E-state index in [1.165, 1.54) is 19.3 Å². The summed E-state index contributed by atoms with van der Waals surface area (Å²) in [6.45, 7) is 9.47. The lowest BCUT2D eigenvalue weighted by atomic mass is 9.12. The number of hydrogen-bond acceptors (Lipinski definition) is 2. The molecule has 6 saturated carbocycles. The smallest absolute Gasteiger partial charge is 0.309 e. The standard InChI is InChI=1S/C21H30O2/c1-9-10(2)13-5-12(9)6-14(13)19(22)23-20(4)17-7-15-11(3)16-8-18(20)21(15,16)17/h9-18H,5-8H2,1-4H3. The van der Waals surface area contributed by atoms with E-state index in [1.807, 2.05) is 0 Å². The minimum absolute atomic E-state index is 0.0963. The molecule has 0 amide bonds. The van der Waals surface area contributed by atoms with Crippen molar-refractivity contribution in [1.29, 1.82) is 0 Å². The lowest BCUT2D eigenvalue weighted by Gasteiger charge is -2.92. The summed E-state index contributed by atoms with van der Waals surface area (Å²) in [7, 11) is 0. The normalized spacial score (nSPS) is 69.6. The monoisotopic (exact) mass is 314 g/mol. The molecule has 6 fully saturated rings. The molecule has 2 nitrogen and oxygen atoms in total. The van der Waals surface area contributed by atoms with Crippen LogP contribution in [-0.4, -0.2) is 11.6 Å². The largest absolute Gasteiger partial charge is 0.459 e. The van der Waals surface area contributed by atoms with E-state index >= 15 is 0 Å². The molecule has 2 heteroatoms. The number of carbonyl (C=O) groups excluding carboxylic acids is 1. The minimum atomic E-state index is -0.0963. The summed E-state index contributed by atoms with van der Waals surface area (Å²) in [4.78, 5) is 13.0. The van der Waals surface area contributed by atoms with Crippen LogP contribution in [0.25, 0.3) is 0 Å². The maximum atomic E-state index is 13.0. The van der Waals surface area contributed by atoms with Crippen LogP contribution >= 0.6 is 0 Å². The predicted molar refractivity (Wildman–Crippen MR) is 87.3 cm³/mol. The zero-order valence-corrected chi connectivity index (χ0v) is 14.9. The molecule has 0 aromatic heterocycles. The third kappa shape index (κ3) is 1.14. The highest BCUT2D eigenvalue weighted by Gasteiger charge is 2.91. The average Bonchev–Trinajstić information content (AvgIpc) is 2.97. The van der Waals surface area contributed by atoms with Gasteiger partial charge in [-0.15, -0.1) is 0 Å². The zero-order valence-electron chi connectivity index (χ0n) is 14.9. The molecule has 0 heterocycles. The Bertz CT molecular complexity index is 583. The molecule has 126 valence electrons. The summed E-state index contributed by atoms with van der Waals surface area (Å²) >= 11 is 0. The molecular formula is C21H30O2. The fourth-order valence-corrected chi connectivity index (χ4v) is 9.31. The van der Waals surface area contributed by atoms with Gasteiger partial charge in [0.05, 0.1) is 5.92 Å². The van der Waals surface area contributed by atoms with E-state index in [-0.39, 0.29) is 17.5 Å². The Labute approximate surface area is 139 Å². The van der Waals surface area contributed by atoms with Crippen LogP contribution in [0.2, 0.25) is 0 Å². The van der Waals surface area contributed by atoms with Gasteiger partial charge in [0.25, 0.3) is 0 Å². The molecule has 9 atom stereocenters. The van der Waals surface area contributed by atoms with Crippen LogP contribution in [0.1, 0.15) is 53.4 Å². The third-order valence-corrected chi connectivity index (χ3v) is 10.6. The van der Waals surface area contributed by atoms with Gasteiger partial charge in [-0.25, -0.2) is 0 Å². The first-order valence-electron chi connectivity index (χ1n) is 10.1. The van der Waals surface area contributed by atoms with Crippen molar-refractivity contribution < 1.29 is 9.53 Å². The molecule has 6 aliphatic carbocycles. The van der Waals surface area contributed by atoms with Gasteiger partial charge in [0, 0.05) is 11.8 Å². The van der Waals surface area contributed by atoms with E-state index < -0.39 is 0 Å². The second-order valence-electron chi connectivity index (χ2n) is 10.5. The third-order valence-electron chi connectivity index (χ3n) is 10.6. The molecule has 0 aromatic carbocycles. The summed E-state index contributed by atoms with van der Waals surface area (Å²) in [6, 6.07) is 0. The zero-order chi connectivity index (χ0) is 15.9. The summed E-state index contributed by atoms with van der Waals surface area (Å²) in [5.41, 5.74) is 0.561. The molecule has 0 saturated heterocycles. The number of ether oxygens (including phenoxy) is 1. The van der Waals surface area contributed by atoms with E-state index in [0.717, 1.165) is 36.0 Å². The lowest BCUT2D eigenvalue weighted by Crippen LogP contribution is -2.92. The Hall–Kier alpha value is -0.530. The highest BCUT2D eigenvalue weighted by molar-refractivity contribution is 5.74. The SMILES string of the molecule is CC1C2CC(C(=O)OC3(C)C4CC5C(C)C6CC3C564)C(C2)C1C. The second-order valence-corrected chi connectivity index (χ2v) is 10.5. The molecule has 0 N–H and O–H groups in total. The first kappa shape index (κ1) is 13.7. The van der Waals surface area contributed by atoms with Crippen LogP contribution < -0.4 is 0 Å². The fourth-order valence-electron chi connectivity index (χ4n) is 9.31. The molecule has 1 spiro atoms. The van der Waals surface area contributed by atoms with E-state index in [4.69, 9.17) is 4.74 Å². The van der Waals surface area contributed by atoms with Crippen LogP contribution in [0.15, 0.2) is 0 Å². The maximum Gasteiger partial charge on any atom is 0.309 e. The van der Waals surface area contributed by atoms with Crippen molar-refractivity contribution in [3.63, 3.8) is 0 Å². The van der Waals surface area contributed by atoms with Crippen molar-refractivity contribution in [2.24, 2.45) is 64.6 Å². The van der Waals surface area contributed by atoms with Gasteiger partial charge in [-0.2, -0.15) is 0 Å². The van der Waals surface area contributed by atoms with Crippen molar-refractivity contribution in [2.45, 2.75) is 59.0 Å². The van der Waals surface area contributed by atoms with Gasteiger partial charge in [0.15, 0.2) is 0 Å². The molecule has 0 aromatic rings. The lowest BCUT2D eigenvalue weighted by molar-refractivity contribution is -0.476. The number of fused-ring (bicyclic) bond motifs is 2. The summed E-state index contributed by atoms with van der Waals surface area (Å²) in [5.74, 6) is 7.61. The van der Waals surface area contributed by atoms with Gasteiger partial charge >= 0.3 is 5.97 Å². The molecule has 0 aliphatic heterocycles. The first-order chi connectivity index (χ1) is 10.9. The number of esters is 1. The average molecular weight is 314 g/mol.